The summed E-state index contributed by atoms with van der Waals surface area (Å²) in [6.07, 6.45) is 0.291. The van der Waals surface area contributed by atoms with Crippen molar-refractivity contribution >= 4 is 21.8 Å². The standard InChI is InChI=1S/C20H22N2O5S/c1-28(21,26)11-10-18(19(23)24)22-20(25)27-12-17-15-8-4-2-6-13(15)14-7-3-5-9-16(14)17/h2-9,17-18,21H,10-12H2,1H3,(H,22,25)(H,23,24). The number of carbonyl (C=O) groups is 2. The summed E-state index contributed by atoms with van der Waals surface area (Å²) in [5, 5.41) is 11.5. The molecule has 0 heterocycles. The molecule has 0 spiro atoms. The van der Waals surface area contributed by atoms with Gasteiger partial charge in [-0.1, -0.05) is 48.5 Å². The van der Waals surface area contributed by atoms with Crippen molar-refractivity contribution in [3.63, 3.8) is 0 Å². The van der Waals surface area contributed by atoms with E-state index in [9.17, 15) is 18.9 Å². The van der Waals surface area contributed by atoms with Gasteiger partial charge in [0.1, 0.15) is 12.6 Å². The number of carboxylic acids is 1. The van der Waals surface area contributed by atoms with Crippen LogP contribution in [0.15, 0.2) is 48.5 Å². The summed E-state index contributed by atoms with van der Waals surface area (Å²) in [5.74, 6) is -1.49. The Kier molecular flexibility index (Phi) is 5.69. The highest BCUT2D eigenvalue weighted by molar-refractivity contribution is 7.91. The summed E-state index contributed by atoms with van der Waals surface area (Å²) >= 11 is 0. The number of nitrogens with one attached hydrogen (secondary N) is 2. The van der Waals surface area contributed by atoms with Crippen molar-refractivity contribution < 1.29 is 23.6 Å². The van der Waals surface area contributed by atoms with Crippen LogP contribution in [-0.2, 0) is 19.3 Å². The number of hydrogen-bond acceptors (Lipinski definition) is 5. The first-order valence-corrected chi connectivity index (χ1v) is 11.0. The second-order valence-electron chi connectivity index (χ2n) is 6.86. The van der Waals surface area contributed by atoms with Crippen molar-refractivity contribution in [1.82, 2.24) is 5.32 Å². The maximum absolute atomic E-state index is 12.1. The van der Waals surface area contributed by atoms with Gasteiger partial charge in [-0.25, -0.2) is 9.59 Å². The minimum atomic E-state index is -2.84. The Balaban J connectivity index is 1.66. The summed E-state index contributed by atoms with van der Waals surface area (Å²) in [6, 6.07) is 14.6. The predicted molar refractivity (Wildman–Crippen MR) is 106 cm³/mol. The Morgan fingerprint density at radius 2 is 1.68 bits per heavy atom. The summed E-state index contributed by atoms with van der Waals surface area (Å²) in [5.41, 5.74) is 4.32. The maximum atomic E-state index is 12.1. The number of fused-ring (bicyclic) bond motifs is 3. The quantitative estimate of drug-likeness (QED) is 0.658. The van der Waals surface area contributed by atoms with Crippen LogP contribution in [-0.4, -0.2) is 46.0 Å². The number of hydrogen-bond donors (Lipinski definition) is 3. The highest BCUT2D eigenvalue weighted by Crippen LogP contribution is 2.44. The van der Waals surface area contributed by atoms with Crippen LogP contribution >= 0.6 is 0 Å². The van der Waals surface area contributed by atoms with E-state index in [4.69, 9.17) is 9.52 Å². The van der Waals surface area contributed by atoms with Gasteiger partial charge in [-0.3, -0.25) is 8.99 Å². The van der Waals surface area contributed by atoms with Crippen LogP contribution in [0, 0.1) is 4.78 Å². The average Bonchev–Trinajstić information content (AvgIpc) is 2.96. The molecule has 3 rings (SSSR count). The second kappa shape index (κ2) is 8.02. The molecule has 0 saturated heterocycles. The van der Waals surface area contributed by atoms with Crippen molar-refractivity contribution in [2.45, 2.75) is 18.4 Å². The second-order valence-corrected chi connectivity index (χ2v) is 9.28. The van der Waals surface area contributed by atoms with Crippen molar-refractivity contribution in [3.05, 3.63) is 59.7 Å². The number of carbonyl (C=O) groups excluding carboxylic acids is 1. The molecule has 1 aliphatic carbocycles. The summed E-state index contributed by atoms with van der Waals surface area (Å²) in [6.45, 7) is 0.0785. The summed E-state index contributed by atoms with van der Waals surface area (Å²) < 4.78 is 24.2. The molecular formula is C20H22N2O5S. The molecule has 3 N–H and O–H groups in total. The Morgan fingerprint density at radius 1 is 1.14 bits per heavy atom. The zero-order valence-electron chi connectivity index (χ0n) is 15.4. The van der Waals surface area contributed by atoms with Gasteiger partial charge in [-0.2, -0.15) is 0 Å². The fourth-order valence-electron chi connectivity index (χ4n) is 3.38. The zero-order valence-corrected chi connectivity index (χ0v) is 16.2. The molecule has 2 aromatic rings. The fraction of sp³-hybridized carbons (Fsp3) is 0.300. The molecule has 2 unspecified atom stereocenters. The highest BCUT2D eigenvalue weighted by Gasteiger charge is 2.29. The number of carboxylic acid groups (broad SMARTS) is 1. The number of aliphatic carboxylic acids is 1. The van der Waals surface area contributed by atoms with Crippen LogP contribution in [0.2, 0.25) is 0 Å². The number of alkyl carbamates (subject to hydrolysis) is 1. The normalized spacial score (nSPS) is 15.8. The Labute approximate surface area is 163 Å². The molecule has 2 atom stereocenters. The number of benzene rings is 2. The van der Waals surface area contributed by atoms with E-state index in [-0.39, 0.29) is 24.7 Å². The highest BCUT2D eigenvalue weighted by atomic mass is 32.2. The van der Waals surface area contributed by atoms with Gasteiger partial charge < -0.3 is 15.2 Å². The molecule has 0 aromatic heterocycles. The van der Waals surface area contributed by atoms with E-state index in [1.807, 2.05) is 48.5 Å². The predicted octanol–water partition coefficient (Wildman–Crippen LogP) is 3.04. The van der Waals surface area contributed by atoms with Crippen molar-refractivity contribution in [2.24, 2.45) is 0 Å². The lowest BCUT2D eigenvalue weighted by Crippen LogP contribution is -2.42. The SMILES string of the molecule is CS(=N)(=O)CCC(NC(=O)OCC1c2ccccc2-c2ccccc21)C(=O)O. The molecule has 8 heteroatoms. The Morgan fingerprint density at radius 3 is 2.18 bits per heavy atom. The molecule has 7 nitrogen and oxygen atoms in total. The first kappa shape index (κ1) is 19.9. The molecule has 28 heavy (non-hydrogen) atoms. The van der Waals surface area contributed by atoms with E-state index in [0.29, 0.717) is 0 Å². The largest absolute Gasteiger partial charge is 0.480 e. The lowest BCUT2D eigenvalue weighted by atomic mass is 9.98. The molecule has 0 fully saturated rings. The van der Waals surface area contributed by atoms with E-state index < -0.39 is 27.8 Å². The maximum Gasteiger partial charge on any atom is 0.407 e. The Bertz CT molecular complexity index is 958. The van der Waals surface area contributed by atoms with Crippen molar-refractivity contribution in [2.75, 3.05) is 18.6 Å². The number of ether oxygens (including phenoxy) is 1. The molecule has 1 amide bonds. The van der Waals surface area contributed by atoms with E-state index >= 15 is 0 Å². The van der Waals surface area contributed by atoms with E-state index in [0.717, 1.165) is 22.3 Å². The minimum absolute atomic E-state index is 0.0785. The number of amides is 1. The molecule has 148 valence electrons. The molecule has 0 radical (unpaired) electrons. The molecular weight excluding hydrogens is 380 g/mol. The van der Waals surface area contributed by atoms with Crippen molar-refractivity contribution in [1.29, 1.82) is 4.78 Å². The van der Waals surface area contributed by atoms with Gasteiger partial charge in [0.25, 0.3) is 0 Å². The molecule has 1 aliphatic rings. The van der Waals surface area contributed by atoms with Gasteiger partial charge in [-0.15, -0.1) is 0 Å². The van der Waals surface area contributed by atoms with Gasteiger partial charge in [0.15, 0.2) is 0 Å². The summed E-state index contributed by atoms with van der Waals surface area (Å²) in [7, 11) is -2.84. The van der Waals surface area contributed by atoms with Crippen LogP contribution in [0.4, 0.5) is 4.79 Å². The van der Waals surface area contributed by atoms with Gasteiger partial charge in [0, 0.05) is 27.7 Å². The third-order valence-corrected chi connectivity index (χ3v) is 5.74. The first-order chi connectivity index (χ1) is 13.3. The lowest BCUT2D eigenvalue weighted by Gasteiger charge is -2.17. The third-order valence-electron chi connectivity index (χ3n) is 4.73. The van der Waals surface area contributed by atoms with E-state index in [1.54, 1.807) is 0 Å². The van der Waals surface area contributed by atoms with Gasteiger partial charge >= 0.3 is 12.1 Å². The molecule has 0 saturated carbocycles. The average molecular weight is 402 g/mol. The fourth-order valence-corrected chi connectivity index (χ4v) is 4.07. The monoisotopic (exact) mass is 402 g/mol. The summed E-state index contributed by atoms with van der Waals surface area (Å²) in [4.78, 5) is 23.5. The van der Waals surface area contributed by atoms with E-state index in [1.165, 1.54) is 6.26 Å². The zero-order chi connectivity index (χ0) is 20.3. The third kappa shape index (κ3) is 4.51. The molecule has 0 aliphatic heterocycles. The first-order valence-electron chi connectivity index (χ1n) is 8.82. The Hall–Kier alpha value is -2.87. The van der Waals surface area contributed by atoms with Crippen molar-refractivity contribution in [3.8, 4) is 11.1 Å². The smallest absolute Gasteiger partial charge is 0.407 e. The number of rotatable bonds is 7. The van der Waals surface area contributed by atoms with Gasteiger partial charge in [0.05, 0.1) is 0 Å². The lowest BCUT2D eigenvalue weighted by molar-refractivity contribution is -0.139. The molecule has 0 bridgehead atoms. The van der Waals surface area contributed by atoms with Gasteiger partial charge in [0.2, 0.25) is 0 Å². The van der Waals surface area contributed by atoms with Gasteiger partial charge in [-0.05, 0) is 28.7 Å². The van der Waals surface area contributed by atoms with Crippen LogP contribution in [0.5, 0.6) is 0 Å². The van der Waals surface area contributed by atoms with Crippen LogP contribution in [0.1, 0.15) is 23.5 Å². The topological polar surface area (TPSA) is 117 Å². The van der Waals surface area contributed by atoms with Crippen LogP contribution in [0.3, 0.4) is 0 Å². The van der Waals surface area contributed by atoms with E-state index in [2.05, 4.69) is 5.32 Å². The minimum Gasteiger partial charge on any atom is -0.480 e. The molecule has 2 aromatic carbocycles. The van der Waals surface area contributed by atoms with Crippen LogP contribution in [0.25, 0.3) is 11.1 Å². The van der Waals surface area contributed by atoms with Crippen LogP contribution < -0.4 is 5.32 Å².